The number of benzene rings is 1. The molecule has 0 amide bonds. The zero-order valence-electron chi connectivity index (χ0n) is 11.5. The molecule has 1 aliphatic carbocycles. The maximum Gasteiger partial charge on any atom is 0.118 e. The molecule has 0 saturated heterocycles. The highest BCUT2D eigenvalue weighted by Gasteiger charge is 2.26. The quantitative estimate of drug-likeness (QED) is 0.857. The smallest absolute Gasteiger partial charge is 0.118 e. The highest BCUT2D eigenvalue weighted by atomic mass is 16.3. The third-order valence-electron chi connectivity index (χ3n) is 3.95. The second kappa shape index (κ2) is 4.74. The van der Waals surface area contributed by atoms with Crippen LogP contribution in [0.1, 0.15) is 35.1 Å². The van der Waals surface area contributed by atoms with Crippen LogP contribution in [-0.2, 0) is 13.0 Å². The van der Waals surface area contributed by atoms with Gasteiger partial charge in [-0.1, -0.05) is 6.07 Å². The van der Waals surface area contributed by atoms with Crippen molar-refractivity contribution in [2.75, 3.05) is 12.8 Å². The summed E-state index contributed by atoms with van der Waals surface area (Å²) in [6, 6.07) is 10.8. The fraction of sp³-hybridized carbons (Fsp3) is 0.375. The molecule has 0 saturated carbocycles. The van der Waals surface area contributed by atoms with Crippen LogP contribution in [0.25, 0.3) is 0 Å². The Kier molecular flexibility index (Phi) is 3.07. The number of hydrogen-bond donors (Lipinski definition) is 1. The van der Waals surface area contributed by atoms with Crippen LogP contribution in [0.4, 0.5) is 5.69 Å². The van der Waals surface area contributed by atoms with Crippen molar-refractivity contribution in [2.24, 2.45) is 0 Å². The summed E-state index contributed by atoms with van der Waals surface area (Å²) in [6.45, 7) is 2.83. The van der Waals surface area contributed by atoms with Gasteiger partial charge in [-0.2, -0.15) is 0 Å². The van der Waals surface area contributed by atoms with Crippen LogP contribution in [0.2, 0.25) is 0 Å². The molecule has 2 N–H and O–H groups in total. The Hall–Kier alpha value is -1.74. The van der Waals surface area contributed by atoms with Gasteiger partial charge in [0.15, 0.2) is 0 Å². The third kappa shape index (κ3) is 2.38. The van der Waals surface area contributed by atoms with Gasteiger partial charge in [0.1, 0.15) is 11.5 Å². The summed E-state index contributed by atoms with van der Waals surface area (Å²) in [4.78, 5) is 2.36. The van der Waals surface area contributed by atoms with Gasteiger partial charge in [-0.15, -0.1) is 0 Å². The first-order valence-electron chi connectivity index (χ1n) is 6.77. The molecule has 1 heterocycles. The van der Waals surface area contributed by atoms with E-state index in [1.807, 2.05) is 19.1 Å². The predicted molar refractivity (Wildman–Crippen MR) is 76.8 cm³/mol. The van der Waals surface area contributed by atoms with Crippen LogP contribution < -0.4 is 5.73 Å². The van der Waals surface area contributed by atoms with Crippen molar-refractivity contribution in [1.29, 1.82) is 0 Å². The maximum absolute atomic E-state index is 5.85. The van der Waals surface area contributed by atoms with Gasteiger partial charge in [-0.3, -0.25) is 4.90 Å². The Morgan fingerprint density at radius 1 is 1.32 bits per heavy atom. The molecule has 1 aromatic carbocycles. The molecule has 1 aliphatic rings. The van der Waals surface area contributed by atoms with E-state index >= 15 is 0 Å². The molecular weight excluding hydrogens is 236 g/mol. The lowest BCUT2D eigenvalue weighted by molar-refractivity contribution is 0.216. The van der Waals surface area contributed by atoms with Crippen molar-refractivity contribution in [3.05, 3.63) is 53.0 Å². The van der Waals surface area contributed by atoms with Gasteiger partial charge in [0.05, 0.1) is 6.54 Å². The van der Waals surface area contributed by atoms with E-state index in [9.17, 15) is 0 Å². The number of nitrogen functional groups attached to an aromatic ring is 1. The van der Waals surface area contributed by atoms with E-state index in [1.54, 1.807) is 0 Å². The van der Waals surface area contributed by atoms with Crippen molar-refractivity contribution in [2.45, 2.75) is 32.4 Å². The highest BCUT2D eigenvalue weighted by molar-refractivity contribution is 5.47. The van der Waals surface area contributed by atoms with Gasteiger partial charge in [0.25, 0.3) is 0 Å². The van der Waals surface area contributed by atoms with Crippen LogP contribution in [0.5, 0.6) is 0 Å². The lowest BCUT2D eigenvalue weighted by atomic mass is 10.1. The Bertz CT molecular complexity index is 588. The van der Waals surface area contributed by atoms with Crippen molar-refractivity contribution >= 4 is 5.69 Å². The first-order chi connectivity index (χ1) is 9.13. The minimum Gasteiger partial charge on any atom is -0.465 e. The maximum atomic E-state index is 5.85. The first kappa shape index (κ1) is 12.3. The Balaban J connectivity index is 1.77. The van der Waals surface area contributed by atoms with E-state index in [-0.39, 0.29) is 0 Å². The molecule has 3 heteroatoms. The number of hydrogen-bond acceptors (Lipinski definition) is 3. The average Bonchev–Trinajstić information content (AvgIpc) is 2.95. The van der Waals surface area contributed by atoms with Crippen molar-refractivity contribution < 1.29 is 4.42 Å². The SMILES string of the molecule is Cc1ccc(CN(C)C2CCc3cc(N)ccc32)o1. The van der Waals surface area contributed by atoms with Crippen molar-refractivity contribution in [1.82, 2.24) is 4.90 Å². The number of furan rings is 1. The zero-order valence-corrected chi connectivity index (χ0v) is 11.5. The standard InChI is InChI=1S/C16H20N2O/c1-11-3-6-14(19-11)10-18(2)16-8-4-12-9-13(17)5-7-15(12)16/h3,5-7,9,16H,4,8,10,17H2,1-2H3. The molecule has 1 aromatic heterocycles. The molecule has 100 valence electrons. The number of fused-ring (bicyclic) bond motifs is 1. The van der Waals surface area contributed by atoms with Crippen molar-refractivity contribution in [3.8, 4) is 0 Å². The minimum atomic E-state index is 0.473. The molecule has 0 aliphatic heterocycles. The lowest BCUT2D eigenvalue weighted by Gasteiger charge is -2.24. The molecule has 0 spiro atoms. The van der Waals surface area contributed by atoms with Gasteiger partial charge in [0.2, 0.25) is 0 Å². The van der Waals surface area contributed by atoms with Gasteiger partial charge in [0, 0.05) is 11.7 Å². The summed E-state index contributed by atoms with van der Waals surface area (Å²) in [7, 11) is 2.16. The molecule has 0 fully saturated rings. The molecule has 2 aromatic rings. The third-order valence-corrected chi connectivity index (χ3v) is 3.95. The molecule has 1 unspecified atom stereocenters. The Morgan fingerprint density at radius 3 is 2.89 bits per heavy atom. The average molecular weight is 256 g/mol. The molecule has 0 bridgehead atoms. The summed E-state index contributed by atoms with van der Waals surface area (Å²) in [5.41, 5.74) is 9.53. The highest BCUT2D eigenvalue weighted by Crippen LogP contribution is 2.36. The van der Waals surface area contributed by atoms with E-state index in [1.165, 1.54) is 11.1 Å². The topological polar surface area (TPSA) is 42.4 Å². The fourth-order valence-electron chi connectivity index (χ4n) is 3.00. The first-order valence-corrected chi connectivity index (χ1v) is 6.77. The van der Waals surface area contributed by atoms with Gasteiger partial charge in [-0.25, -0.2) is 0 Å². The van der Waals surface area contributed by atoms with E-state index in [2.05, 4.69) is 30.1 Å². The van der Waals surface area contributed by atoms with E-state index in [0.29, 0.717) is 6.04 Å². The summed E-state index contributed by atoms with van der Waals surface area (Å²) in [6.07, 6.45) is 2.28. The van der Waals surface area contributed by atoms with Crippen LogP contribution in [0.3, 0.4) is 0 Å². The molecule has 3 rings (SSSR count). The summed E-state index contributed by atoms with van der Waals surface area (Å²) in [5, 5.41) is 0. The van der Waals surface area contributed by atoms with E-state index in [4.69, 9.17) is 10.2 Å². The molecule has 0 radical (unpaired) electrons. The molecule has 19 heavy (non-hydrogen) atoms. The number of rotatable bonds is 3. The monoisotopic (exact) mass is 256 g/mol. The summed E-state index contributed by atoms with van der Waals surface area (Å²) in [5.74, 6) is 2.01. The van der Waals surface area contributed by atoms with Crippen LogP contribution in [0, 0.1) is 6.92 Å². The number of aryl methyl sites for hydroxylation is 2. The predicted octanol–water partition coefficient (Wildman–Crippen LogP) is 3.29. The molecule has 1 atom stereocenters. The van der Waals surface area contributed by atoms with Gasteiger partial charge < -0.3 is 10.2 Å². The summed E-state index contributed by atoms with van der Waals surface area (Å²) < 4.78 is 5.66. The van der Waals surface area contributed by atoms with Gasteiger partial charge >= 0.3 is 0 Å². The van der Waals surface area contributed by atoms with Crippen LogP contribution in [0.15, 0.2) is 34.7 Å². The lowest BCUT2D eigenvalue weighted by Crippen LogP contribution is -2.22. The Labute approximate surface area is 114 Å². The number of nitrogens with zero attached hydrogens (tertiary/aromatic N) is 1. The Morgan fingerprint density at radius 2 is 2.16 bits per heavy atom. The normalized spacial score (nSPS) is 17.9. The van der Waals surface area contributed by atoms with Gasteiger partial charge in [-0.05, 0) is 62.2 Å². The van der Waals surface area contributed by atoms with Crippen LogP contribution >= 0.6 is 0 Å². The zero-order chi connectivity index (χ0) is 13.4. The number of anilines is 1. The second-order valence-electron chi connectivity index (χ2n) is 5.44. The molecule has 3 nitrogen and oxygen atoms in total. The number of nitrogens with two attached hydrogens (primary N) is 1. The second-order valence-corrected chi connectivity index (χ2v) is 5.44. The summed E-state index contributed by atoms with van der Waals surface area (Å²) >= 11 is 0. The van der Waals surface area contributed by atoms with Crippen LogP contribution in [-0.4, -0.2) is 11.9 Å². The van der Waals surface area contributed by atoms with E-state index < -0.39 is 0 Å². The molecular formula is C16H20N2O. The van der Waals surface area contributed by atoms with Crippen molar-refractivity contribution in [3.63, 3.8) is 0 Å². The van der Waals surface area contributed by atoms with E-state index in [0.717, 1.165) is 36.6 Å². The largest absolute Gasteiger partial charge is 0.465 e. The minimum absolute atomic E-state index is 0.473. The fourth-order valence-corrected chi connectivity index (χ4v) is 3.00.